The number of nitrogens with one attached hydrogen (secondary N) is 4. The molecule has 6 saturated heterocycles. The van der Waals surface area contributed by atoms with Crippen LogP contribution in [0.15, 0.2) is 172 Å². The van der Waals surface area contributed by atoms with E-state index in [4.69, 9.17) is 94.4 Å². The summed E-state index contributed by atoms with van der Waals surface area (Å²) in [5.41, 5.74) is 2.45. The number of anilines is 4. The molecule has 6 aliphatic rings. The maximum absolute atomic E-state index is 17.2. The van der Waals surface area contributed by atoms with Gasteiger partial charge in [0.1, 0.15) is 88.4 Å². The van der Waals surface area contributed by atoms with Gasteiger partial charge in [-0.05, 0) is 72.1 Å². The van der Waals surface area contributed by atoms with Gasteiger partial charge in [0.15, 0.2) is 130 Å². The SMILES string of the molecule is [BH3-][P+]1(O)OC[C@H]2O[C@@H](n3cnc4c(NC(=O)c5ccccc5)ncnc43)C(F)[C@H]2OP(O)(=S)OC[C@H]2O[C@@H](n3cnc4c(NC(=O)c5ccccc5)ncnc43)[C@@H](F)C2O1.[BH3-][P+]1(OCCC#N)OC[C@H]2O[C@@H](n3cnc4c(NC(=O)c5ccccc5)ncnc43)C(F)[C@H]2OP(=S)(OCC[N+]#[C-])OC[C@H]2O[C@@H](n3cnc4c(NC(=O)c5ccccc5)ncnc43)[C@@H](F)C2O1. The summed E-state index contributed by atoms with van der Waals surface area (Å²) in [4.78, 5) is 129. The third kappa shape index (κ3) is 19.0. The zero-order valence-corrected chi connectivity index (χ0v) is 69.7. The fourth-order valence-corrected chi connectivity index (χ4v) is 19.5. The van der Waals surface area contributed by atoms with Crippen LogP contribution in [-0.4, -0.2) is 246 Å². The van der Waals surface area contributed by atoms with Gasteiger partial charge >= 0.3 is 13.4 Å². The Morgan fingerprint density at radius 1 is 0.492 bits per heavy atom. The Morgan fingerprint density at radius 2 is 0.828 bits per heavy atom. The van der Waals surface area contributed by atoms with E-state index < -0.39 is 193 Å². The highest BCUT2D eigenvalue weighted by atomic mass is 32.5. The Hall–Kier alpha value is -10.7. The topological polar surface area (TPSA) is 489 Å². The second-order valence-corrected chi connectivity index (χ2v) is 35.7. The van der Waals surface area contributed by atoms with Gasteiger partial charge in [0.05, 0.1) is 51.0 Å². The number of benzene rings is 4. The first-order chi connectivity index (χ1) is 61.8. The average molecular weight is 1880 g/mol. The van der Waals surface area contributed by atoms with Crippen molar-refractivity contribution in [3.05, 3.63) is 206 Å². The third-order valence-corrected chi connectivity index (χ3v) is 25.8. The van der Waals surface area contributed by atoms with Gasteiger partial charge in [-0.1, -0.05) is 72.8 Å². The first-order valence-electron chi connectivity index (χ1n) is 38.0. The molecule has 6 N–H and O–H groups in total. The van der Waals surface area contributed by atoms with Crippen LogP contribution in [0.4, 0.5) is 40.8 Å². The van der Waals surface area contributed by atoms with Gasteiger partial charge in [-0.15, -0.1) is 0 Å². The third-order valence-electron chi connectivity index (χ3n) is 20.0. The average Bonchev–Trinajstić information content (AvgIpc) is 1.62. The molecule has 0 saturated carbocycles. The minimum atomic E-state index is -4.33. The number of halogens is 4. The molecule has 14 heterocycles. The molecule has 8 aromatic heterocycles. The molecular weight excluding hydrogens is 1800 g/mol. The number of fused-ring (bicyclic) bond motifs is 8. The van der Waals surface area contributed by atoms with Gasteiger partial charge < -0.3 is 63.5 Å². The zero-order valence-electron chi connectivity index (χ0n) is 64.5. The van der Waals surface area contributed by atoms with Crippen LogP contribution in [0.2, 0.25) is 0 Å². The van der Waals surface area contributed by atoms with Crippen molar-refractivity contribution in [1.29, 1.82) is 5.26 Å². The zero-order chi connectivity index (χ0) is 89.2. The van der Waals surface area contributed by atoms with Crippen molar-refractivity contribution in [2.45, 2.75) is 105 Å². The minimum Gasteiger partial charge on any atom is -0.346 e. The van der Waals surface area contributed by atoms with Crippen molar-refractivity contribution in [3.8, 4) is 6.07 Å². The Morgan fingerprint density at radius 3 is 1.20 bits per heavy atom. The second-order valence-electron chi connectivity index (χ2n) is 27.8. The van der Waals surface area contributed by atoms with E-state index in [9.17, 15) is 34.2 Å². The molecule has 128 heavy (non-hydrogen) atoms. The van der Waals surface area contributed by atoms with Gasteiger partial charge in [-0.2, -0.15) is 5.26 Å². The van der Waals surface area contributed by atoms with Gasteiger partial charge in [0.2, 0.25) is 37.3 Å². The van der Waals surface area contributed by atoms with Gasteiger partial charge in [0.25, 0.3) is 23.6 Å². The maximum Gasteiger partial charge on any atom is 0.328 e. The largest absolute Gasteiger partial charge is 0.346 e. The summed E-state index contributed by atoms with van der Waals surface area (Å²) >= 11 is 11.2. The number of rotatable bonds is 18. The number of carbonyl (C=O) groups excluding carboxylic acids is 4. The summed E-state index contributed by atoms with van der Waals surface area (Å²) in [7, 11) is -9.54. The lowest BCUT2D eigenvalue weighted by Crippen LogP contribution is -2.38. The van der Waals surface area contributed by atoms with Crippen LogP contribution in [0.5, 0.6) is 0 Å². The van der Waals surface area contributed by atoms with Crippen molar-refractivity contribution in [2.24, 2.45) is 0 Å². The smallest absolute Gasteiger partial charge is 0.328 e. The van der Waals surface area contributed by atoms with Crippen LogP contribution in [0.25, 0.3) is 49.5 Å². The van der Waals surface area contributed by atoms with E-state index in [0.717, 1.165) is 6.33 Å². The lowest BCUT2D eigenvalue weighted by Gasteiger charge is -2.33. The highest BCUT2D eigenvalue weighted by molar-refractivity contribution is 8.07. The van der Waals surface area contributed by atoms with E-state index in [2.05, 4.69) is 85.9 Å². The van der Waals surface area contributed by atoms with Crippen LogP contribution in [0.3, 0.4) is 0 Å². The van der Waals surface area contributed by atoms with Gasteiger partial charge in [0, 0.05) is 22.3 Å². The molecule has 8 unspecified atom stereocenters. The minimum absolute atomic E-state index is 0.0472. The fourth-order valence-electron chi connectivity index (χ4n) is 14.0. The number of nitrogens with zero attached hydrogens (tertiary/aromatic N) is 18. The monoisotopic (exact) mass is 1870 g/mol. The molecule has 0 aliphatic carbocycles. The molecule has 42 nitrogen and oxygen atoms in total. The lowest BCUT2D eigenvalue weighted by molar-refractivity contribution is -0.0618. The number of hydrogen-bond donors (Lipinski definition) is 6. The van der Waals surface area contributed by atoms with Crippen LogP contribution < -0.4 is 21.3 Å². The molecular formula is C74H72B2F4N22O20P4S2. The van der Waals surface area contributed by atoms with Crippen LogP contribution in [0, 0.1) is 17.9 Å². The van der Waals surface area contributed by atoms with Crippen molar-refractivity contribution in [2.75, 3.05) is 67.5 Å². The molecule has 4 amide bonds. The Labute approximate surface area is 733 Å². The van der Waals surface area contributed by atoms with Crippen molar-refractivity contribution in [1.82, 2.24) is 78.1 Å². The number of carbonyl (C=O) groups is 4. The Balaban J connectivity index is 0.000000181. The number of alkyl halides is 4. The van der Waals surface area contributed by atoms with Crippen LogP contribution in [-0.2, 0) is 87.8 Å². The molecule has 0 bridgehead atoms. The van der Waals surface area contributed by atoms with E-state index >= 15 is 17.6 Å². The standard InChI is InChI=1S/C40H39BF2N12O10P2S.C34H33BF2N10O10P2S/c1-45-14-16-59-67(68)61-18-26-31(27(42)39(63-26)54-21-50-29-33(46-19-48-35(29)54)52-37(56)23-9-4-2-5-10-23)64-66(41,58-15-8-13-44)60-17-25-32(65-67)28(43)40(62-25)55-22-51-30-34(47-20-49-36(30)55)53-38(57)24-11-6-3-7-12-24;35-58(50)52-11-19-26(22(37)34(54-19)47-16-43-24-28(39-14-41-30(24)47)45-32(49)18-9-5-2-6-10-18)57-59(51,60)53-12-20-25(56-58)21(36)33(55-20)46-15-42-23-27(38-13-40-29(23)46)44-31(48)17-7-3-1-4-8-17/h2-7,9-12,19-22,25-28,31-32,39-40H,8,14-18H2,41H3,(H,46,48,52,56)(H,47,49,53,57);1-10,13-16,19-22,25-26,33-34,50H,11-12H2,35H3,(H,51,60)(H,38,40,44,48)(H,39,41,45,49)/t25-,26-,27+,28?,31?,32+,39-,40-,66?,67?;19-,20-,21+,22?,25?,26+,33-,34-,58?,59?/m11/s1. The van der Waals surface area contributed by atoms with Crippen molar-refractivity contribution in [3.63, 3.8) is 0 Å². The van der Waals surface area contributed by atoms with E-state index in [0.29, 0.717) is 22.3 Å². The molecule has 12 aromatic rings. The molecule has 0 radical (unpaired) electrons. The lowest BCUT2D eigenvalue weighted by atomic mass is 10.1. The van der Waals surface area contributed by atoms with E-state index in [1.165, 1.54) is 62.6 Å². The molecule has 664 valence electrons. The first-order valence-corrected chi connectivity index (χ1v) is 45.3. The predicted octanol–water partition coefficient (Wildman–Crippen LogP) is 7.30. The Bertz CT molecular complexity index is 6310. The van der Waals surface area contributed by atoms with Gasteiger partial charge in [-0.25, -0.2) is 111 Å². The summed E-state index contributed by atoms with van der Waals surface area (Å²) in [6.07, 6.45) is -15.4. The Kier molecular flexibility index (Phi) is 26.6. The van der Waals surface area contributed by atoms with Crippen molar-refractivity contribution >= 4 is 159 Å². The first kappa shape index (κ1) is 89.3. The second kappa shape index (κ2) is 38.2. The van der Waals surface area contributed by atoms with Crippen LogP contribution in [0.1, 0.15) is 72.8 Å². The number of hydrogen-bond acceptors (Lipinski definition) is 34. The molecule has 18 rings (SSSR count). The highest BCUT2D eigenvalue weighted by Gasteiger charge is 2.59. The molecule has 0 spiro atoms. The predicted molar refractivity (Wildman–Crippen MR) is 458 cm³/mol. The molecule has 54 heteroatoms. The number of nitriles is 1. The van der Waals surface area contributed by atoms with Crippen LogP contribution >= 0.6 is 29.1 Å². The fraction of sp³-hybridized carbons (Fsp3) is 0.324. The summed E-state index contributed by atoms with van der Waals surface area (Å²) in [5.74, 6) is -1.57. The summed E-state index contributed by atoms with van der Waals surface area (Å²) in [6, 6.07) is 35.7. The number of amides is 4. The molecule has 20 atom stereocenters. The van der Waals surface area contributed by atoms with Gasteiger partial charge in [-0.3, -0.25) is 46.5 Å². The normalized spacial score (nSPS) is 29.5. The maximum atomic E-state index is 17.2. The van der Waals surface area contributed by atoms with E-state index in [1.54, 1.807) is 121 Å². The molecule has 6 aliphatic heterocycles. The quantitative estimate of drug-likeness (QED) is 0.0161. The van der Waals surface area contributed by atoms with Crippen molar-refractivity contribution < 1.29 is 111 Å². The van der Waals surface area contributed by atoms with E-state index in [1.807, 2.05) is 6.07 Å². The number of aromatic nitrogens is 16. The van der Waals surface area contributed by atoms with E-state index in [-0.39, 0.29) is 94.1 Å². The summed E-state index contributed by atoms with van der Waals surface area (Å²) < 4.78 is 158. The molecule has 6 fully saturated rings. The summed E-state index contributed by atoms with van der Waals surface area (Å²) in [6.45, 7) is -3.66. The summed E-state index contributed by atoms with van der Waals surface area (Å²) in [5, 5.41) is 20.2. The number of ether oxygens (including phenoxy) is 4. The highest BCUT2D eigenvalue weighted by Crippen LogP contribution is 2.64. The molecule has 4 aromatic carbocycles. The number of imidazole rings is 4.